The smallest absolute Gasteiger partial charge is 0.0994 e. The molecule has 0 radical (unpaired) electrons. The zero-order valence-corrected chi connectivity index (χ0v) is 9.01. The maximum absolute atomic E-state index is 8.85. The van der Waals surface area contributed by atoms with Gasteiger partial charge in [-0.05, 0) is 24.1 Å². The molecule has 0 saturated heterocycles. The lowest BCUT2D eigenvalue weighted by molar-refractivity contribution is 1.23. The van der Waals surface area contributed by atoms with Crippen LogP contribution in [0, 0.1) is 11.3 Å². The highest BCUT2D eigenvalue weighted by atomic mass is 79.9. The Hall–Kier alpha value is -1.07. The summed E-state index contributed by atoms with van der Waals surface area (Å²) in [5.74, 6) is 0. The SMILES string of the molecule is CCC=C(C#N)c1ccc(Br)cc1. The number of rotatable bonds is 2. The van der Waals surface area contributed by atoms with Crippen molar-refractivity contribution in [1.82, 2.24) is 0 Å². The molecule has 0 spiro atoms. The zero-order valence-electron chi connectivity index (χ0n) is 7.42. The molecule has 0 N–H and O–H groups in total. The topological polar surface area (TPSA) is 23.8 Å². The van der Waals surface area contributed by atoms with Crippen molar-refractivity contribution in [3.8, 4) is 6.07 Å². The Balaban J connectivity index is 3.01. The van der Waals surface area contributed by atoms with Crippen LogP contribution in [0.4, 0.5) is 0 Å². The van der Waals surface area contributed by atoms with Gasteiger partial charge in [-0.25, -0.2) is 0 Å². The number of benzene rings is 1. The first-order chi connectivity index (χ1) is 6.27. The van der Waals surface area contributed by atoms with Gasteiger partial charge in [0.25, 0.3) is 0 Å². The molecule has 0 aliphatic carbocycles. The summed E-state index contributed by atoms with van der Waals surface area (Å²) in [4.78, 5) is 0. The van der Waals surface area contributed by atoms with E-state index in [2.05, 4.69) is 22.0 Å². The van der Waals surface area contributed by atoms with E-state index >= 15 is 0 Å². The van der Waals surface area contributed by atoms with Gasteiger partial charge in [0.05, 0.1) is 11.6 Å². The third-order valence-electron chi connectivity index (χ3n) is 1.68. The van der Waals surface area contributed by atoms with Crippen LogP contribution < -0.4 is 0 Å². The molecule has 0 aromatic heterocycles. The van der Waals surface area contributed by atoms with E-state index in [-0.39, 0.29) is 0 Å². The van der Waals surface area contributed by atoms with Crippen molar-refractivity contribution >= 4 is 21.5 Å². The average molecular weight is 236 g/mol. The lowest BCUT2D eigenvalue weighted by Crippen LogP contribution is -1.80. The minimum absolute atomic E-state index is 0.745. The molecule has 0 amide bonds. The van der Waals surface area contributed by atoms with E-state index in [0.29, 0.717) is 0 Å². The Morgan fingerprint density at radius 2 is 2.08 bits per heavy atom. The highest BCUT2D eigenvalue weighted by Crippen LogP contribution is 2.17. The summed E-state index contributed by atoms with van der Waals surface area (Å²) in [6.07, 6.45) is 2.82. The van der Waals surface area contributed by atoms with Crippen LogP contribution in [0.25, 0.3) is 5.57 Å². The number of allylic oxidation sites excluding steroid dienone is 2. The predicted octanol–water partition coefficient (Wildman–Crippen LogP) is 3.77. The summed E-state index contributed by atoms with van der Waals surface area (Å²) in [6, 6.07) is 9.94. The lowest BCUT2D eigenvalue weighted by atomic mass is 10.1. The Morgan fingerprint density at radius 1 is 1.46 bits per heavy atom. The second kappa shape index (κ2) is 4.84. The molecule has 1 nitrogen and oxygen atoms in total. The summed E-state index contributed by atoms with van der Waals surface area (Å²) < 4.78 is 1.03. The third-order valence-corrected chi connectivity index (χ3v) is 2.21. The van der Waals surface area contributed by atoms with Gasteiger partial charge in [0.1, 0.15) is 0 Å². The van der Waals surface area contributed by atoms with Gasteiger partial charge in [0.2, 0.25) is 0 Å². The Kier molecular flexibility index (Phi) is 3.72. The number of hydrogen-bond donors (Lipinski definition) is 0. The van der Waals surface area contributed by atoms with Crippen LogP contribution in [-0.4, -0.2) is 0 Å². The molecule has 66 valence electrons. The number of nitriles is 1. The van der Waals surface area contributed by atoms with Gasteiger partial charge >= 0.3 is 0 Å². The second-order valence-electron chi connectivity index (χ2n) is 2.64. The zero-order chi connectivity index (χ0) is 9.68. The quantitative estimate of drug-likeness (QED) is 0.717. The van der Waals surface area contributed by atoms with E-state index in [1.807, 2.05) is 37.3 Å². The third kappa shape index (κ3) is 2.71. The molecule has 0 unspecified atom stereocenters. The summed E-state index contributed by atoms with van der Waals surface area (Å²) >= 11 is 3.35. The Morgan fingerprint density at radius 3 is 2.54 bits per heavy atom. The number of halogens is 1. The maximum atomic E-state index is 8.85. The van der Waals surface area contributed by atoms with Crippen LogP contribution in [0.2, 0.25) is 0 Å². The minimum atomic E-state index is 0.745. The van der Waals surface area contributed by atoms with Crippen LogP contribution >= 0.6 is 15.9 Å². The number of nitrogens with zero attached hydrogens (tertiary/aromatic N) is 1. The van der Waals surface area contributed by atoms with Crippen molar-refractivity contribution in [3.05, 3.63) is 40.4 Å². The Labute approximate surface area is 86.8 Å². The van der Waals surface area contributed by atoms with E-state index in [4.69, 9.17) is 5.26 Å². The molecule has 0 fully saturated rings. The first-order valence-electron chi connectivity index (χ1n) is 4.14. The van der Waals surface area contributed by atoms with E-state index in [9.17, 15) is 0 Å². The molecule has 1 rings (SSSR count). The summed E-state index contributed by atoms with van der Waals surface area (Å²) in [5.41, 5.74) is 1.72. The van der Waals surface area contributed by atoms with E-state index in [0.717, 1.165) is 22.0 Å². The average Bonchev–Trinajstić information content (AvgIpc) is 2.16. The van der Waals surface area contributed by atoms with Crippen LogP contribution in [0.5, 0.6) is 0 Å². The molecule has 0 saturated carbocycles. The molecular weight excluding hydrogens is 226 g/mol. The molecule has 13 heavy (non-hydrogen) atoms. The molecule has 0 bridgehead atoms. The van der Waals surface area contributed by atoms with Crippen molar-refractivity contribution in [2.24, 2.45) is 0 Å². The van der Waals surface area contributed by atoms with E-state index in [1.54, 1.807) is 0 Å². The highest BCUT2D eigenvalue weighted by Gasteiger charge is 1.98. The summed E-state index contributed by atoms with van der Waals surface area (Å²) in [5, 5.41) is 8.85. The summed E-state index contributed by atoms with van der Waals surface area (Å²) in [6.45, 7) is 2.02. The molecule has 0 aliphatic heterocycles. The molecule has 1 aromatic carbocycles. The van der Waals surface area contributed by atoms with Crippen LogP contribution in [-0.2, 0) is 0 Å². The van der Waals surface area contributed by atoms with Crippen molar-refractivity contribution in [2.45, 2.75) is 13.3 Å². The van der Waals surface area contributed by atoms with Gasteiger partial charge in [-0.15, -0.1) is 0 Å². The van der Waals surface area contributed by atoms with Gasteiger partial charge in [0, 0.05) is 4.47 Å². The van der Waals surface area contributed by atoms with Crippen molar-refractivity contribution in [2.75, 3.05) is 0 Å². The molecule has 0 aliphatic rings. The fraction of sp³-hybridized carbons (Fsp3) is 0.182. The molecule has 0 heterocycles. The van der Waals surface area contributed by atoms with Gasteiger partial charge < -0.3 is 0 Å². The van der Waals surface area contributed by atoms with Crippen molar-refractivity contribution in [1.29, 1.82) is 5.26 Å². The fourth-order valence-electron chi connectivity index (χ4n) is 1.06. The van der Waals surface area contributed by atoms with Crippen LogP contribution in [0.15, 0.2) is 34.8 Å². The van der Waals surface area contributed by atoms with Gasteiger partial charge in [-0.2, -0.15) is 5.26 Å². The molecular formula is C11H10BrN. The fourth-order valence-corrected chi connectivity index (χ4v) is 1.33. The van der Waals surface area contributed by atoms with Gasteiger partial charge in [-0.1, -0.05) is 41.1 Å². The van der Waals surface area contributed by atoms with Crippen LogP contribution in [0.3, 0.4) is 0 Å². The molecule has 0 atom stereocenters. The number of hydrogen-bond acceptors (Lipinski definition) is 1. The minimum Gasteiger partial charge on any atom is -0.192 e. The van der Waals surface area contributed by atoms with Crippen molar-refractivity contribution in [3.63, 3.8) is 0 Å². The van der Waals surface area contributed by atoms with Crippen molar-refractivity contribution < 1.29 is 0 Å². The maximum Gasteiger partial charge on any atom is 0.0994 e. The largest absolute Gasteiger partial charge is 0.192 e. The standard InChI is InChI=1S/C11H10BrN/c1-2-3-10(8-13)9-4-6-11(12)7-5-9/h3-7H,2H2,1H3. The molecule has 2 heteroatoms. The van der Waals surface area contributed by atoms with Gasteiger partial charge in [-0.3, -0.25) is 0 Å². The highest BCUT2D eigenvalue weighted by molar-refractivity contribution is 9.10. The monoisotopic (exact) mass is 235 g/mol. The second-order valence-corrected chi connectivity index (χ2v) is 3.56. The van der Waals surface area contributed by atoms with E-state index < -0.39 is 0 Å². The van der Waals surface area contributed by atoms with Crippen LogP contribution in [0.1, 0.15) is 18.9 Å². The Bertz CT molecular complexity index is 343. The molecule has 1 aromatic rings. The summed E-state index contributed by atoms with van der Waals surface area (Å²) in [7, 11) is 0. The lowest BCUT2D eigenvalue weighted by Gasteiger charge is -1.97. The van der Waals surface area contributed by atoms with E-state index in [1.165, 1.54) is 0 Å². The first kappa shape index (κ1) is 10.0. The predicted molar refractivity (Wildman–Crippen MR) is 58.0 cm³/mol. The van der Waals surface area contributed by atoms with Gasteiger partial charge in [0.15, 0.2) is 0 Å². The first-order valence-corrected chi connectivity index (χ1v) is 4.93. The normalized spacial score (nSPS) is 11.0.